The largest absolute Gasteiger partial charge is 0.329 e. The van der Waals surface area contributed by atoms with Crippen molar-refractivity contribution in [2.24, 2.45) is 5.73 Å². The number of nitrogens with one attached hydrogen (secondary N) is 2. The van der Waals surface area contributed by atoms with E-state index in [1.165, 1.54) is 5.56 Å². The van der Waals surface area contributed by atoms with Gasteiger partial charge in [-0.25, -0.2) is 0 Å². The third kappa shape index (κ3) is 2.57. The molecule has 1 fully saturated rings. The summed E-state index contributed by atoms with van der Waals surface area (Å²) in [6, 6.07) is 8.24. The highest BCUT2D eigenvalue weighted by Crippen LogP contribution is 2.24. The van der Waals surface area contributed by atoms with E-state index in [1.807, 2.05) is 18.2 Å². The molecule has 5 heteroatoms. The number of hydrogen-bond donors (Lipinski definition) is 3. The van der Waals surface area contributed by atoms with Crippen molar-refractivity contribution in [2.45, 2.75) is 24.9 Å². The molecule has 108 valence electrons. The summed E-state index contributed by atoms with van der Waals surface area (Å²) in [6.45, 7) is 3.26. The number of nitrogens with two attached hydrogens (primary N) is 1. The number of rotatable bonds is 2. The van der Waals surface area contributed by atoms with Gasteiger partial charge in [0, 0.05) is 37.9 Å². The fraction of sp³-hybridized carbons (Fsp3) is 0.533. The average molecular weight is 274 g/mol. The van der Waals surface area contributed by atoms with Crippen LogP contribution >= 0.6 is 0 Å². The summed E-state index contributed by atoms with van der Waals surface area (Å²) < 4.78 is 0. The molecule has 20 heavy (non-hydrogen) atoms. The highest BCUT2D eigenvalue weighted by atomic mass is 16.2. The number of carbonyl (C=O) groups excluding carboxylic acids is 1. The van der Waals surface area contributed by atoms with Crippen LogP contribution in [0.5, 0.6) is 0 Å². The molecule has 0 aliphatic carbocycles. The number of fused-ring (bicyclic) bond motifs is 1. The number of amides is 1. The van der Waals surface area contributed by atoms with Crippen LogP contribution in [-0.2, 0) is 11.2 Å². The lowest BCUT2D eigenvalue weighted by Gasteiger charge is -2.39. The molecule has 0 saturated carbocycles. The maximum Gasteiger partial charge on any atom is 0.241 e. The second kappa shape index (κ2) is 5.91. The lowest BCUT2D eigenvalue weighted by atomic mass is 10.0. The van der Waals surface area contributed by atoms with Gasteiger partial charge in [0.1, 0.15) is 0 Å². The van der Waals surface area contributed by atoms with Crippen LogP contribution in [0.3, 0.4) is 0 Å². The fourth-order valence-corrected chi connectivity index (χ4v) is 3.22. The predicted octanol–water partition coefficient (Wildman–Crippen LogP) is 0.172. The summed E-state index contributed by atoms with van der Waals surface area (Å²) in [7, 11) is 0. The van der Waals surface area contributed by atoms with Crippen molar-refractivity contribution in [3.63, 3.8) is 0 Å². The summed E-state index contributed by atoms with van der Waals surface area (Å²) in [5, 5.41) is 6.42. The fourth-order valence-electron chi connectivity index (χ4n) is 3.22. The van der Waals surface area contributed by atoms with Gasteiger partial charge in [0.15, 0.2) is 0 Å². The number of aryl methyl sites for hydroxylation is 1. The molecule has 0 radical (unpaired) electrons. The van der Waals surface area contributed by atoms with E-state index >= 15 is 0 Å². The Morgan fingerprint density at radius 2 is 2.20 bits per heavy atom. The van der Waals surface area contributed by atoms with Gasteiger partial charge in [-0.15, -0.1) is 0 Å². The molecule has 2 aliphatic rings. The molecular formula is C15H22N4O. The van der Waals surface area contributed by atoms with E-state index in [0.717, 1.165) is 38.2 Å². The Morgan fingerprint density at radius 1 is 1.35 bits per heavy atom. The van der Waals surface area contributed by atoms with Gasteiger partial charge < -0.3 is 16.4 Å². The third-order valence-corrected chi connectivity index (χ3v) is 4.33. The lowest BCUT2D eigenvalue weighted by Crippen LogP contribution is -2.60. The van der Waals surface area contributed by atoms with Crippen LogP contribution in [0.1, 0.15) is 12.0 Å². The van der Waals surface area contributed by atoms with Crippen molar-refractivity contribution in [2.75, 3.05) is 31.5 Å². The molecule has 1 amide bonds. The zero-order valence-corrected chi connectivity index (χ0v) is 11.6. The molecule has 1 aromatic carbocycles. The van der Waals surface area contributed by atoms with Crippen molar-refractivity contribution >= 4 is 11.6 Å². The number of piperazine rings is 1. The summed E-state index contributed by atoms with van der Waals surface area (Å²) in [4.78, 5) is 14.8. The highest BCUT2D eigenvalue weighted by molar-refractivity contribution is 5.96. The molecule has 5 nitrogen and oxygen atoms in total. The number of anilines is 1. The molecule has 2 atom stereocenters. The summed E-state index contributed by atoms with van der Waals surface area (Å²) >= 11 is 0. The molecule has 3 rings (SSSR count). The first kappa shape index (κ1) is 13.5. The highest BCUT2D eigenvalue weighted by Gasteiger charge is 2.34. The molecule has 0 aromatic heterocycles. The van der Waals surface area contributed by atoms with Gasteiger partial charge in [0.2, 0.25) is 5.91 Å². The first-order chi connectivity index (χ1) is 9.79. The first-order valence-corrected chi connectivity index (χ1v) is 7.35. The van der Waals surface area contributed by atoms with Crippen LogP contribution in [-0.4, -0.2) is 49.1 Å². The smallest absolute Gasteiger partial charge is 0.241 e. The number of benzene rings is 1. The summed E-state index contributed by atoms with van der Waals surface area (Å²) in [5.74, 6) is 0.107. The normalized spacial score (nSPS) is 27.6. The van der Waals surface area contributed by atoms with Gasteiger partial charge in [-0.05, 0) is 24.5 Å². The van der Waals surface area contributed by atoms with Crippen LogP contribution < -0.4 is 16.4 Å². The van der Waals surface area contributed by atoms with Crippen molar-refractivity contribution in [1.82, 2.24) is 10.2 Å². The Morgan fingerprint density at radius 3 is 3.05 bits per heavy atom. The summed E-state index contributed by atoms with van der Waals surface area (Å²) in [6.07, 6.45) is 1.79. The molecular weight excluding hydrogens is 252 g/mol. The SMILES string of the molecule is NCC1CNCCN1C1CCc2ccccc2NC1=O. The zero-order valence-electron chi connectivity index (χ0n) is 11.6. The Balaban J connectivity index is 1.80. The van der Waals surface area contributed by atoms with Crippen LogP contribution in [0.25, 0.3) is 0 Å². The maximum absolute atomic E-state index is 12.5. The first-order valence-electron chi connectivity index (χ1n) is 7.35. The van der Waals surface area contributed by atoms with E-state index in [4.69, 9.17) is 5.73 Å². The number of para-hydroxylation sites is 1. The second-order valence-corrected chi connectivity index (χ2v) is 5.53. The summed E-state index contributed by atoms with van der Waals surface area (Å²) in [5.41, 5.74) is 8.04. The topological polar surface area (TPSA) is 70.4 Å². The Hall–Kier alpha value is -1.43. The van der Waals surface area contributed by atoms with E-state index in [2.05, 4.69) is 21.6 Å². The lowest BCUT2D eigenvalue weighted by molar-refractivity contribution is -0.122. The van der Waals surface area contributed by atoms with Gasteiger partial charge in [-0.1, -0.05) is 18.2 Å². The molecule has 2 unspecified atom stereocenters. The van der Waals surface area contributed by atoms with E-state index < -0.39 is 0 Å². The van der Waals surface area contributed by atoms with E-state index in [0.29, 0.717) is 6.54 Å². The van der Waals surface area contributed by atoms with Crippen LogP contribution in [0.15, 0.2) is 24.3 Å². The quantitative estimate of drug-likeness (QED) is 0.719. The van der Waals surface area contributed by atoms with Crippen molar-refractivity contribution in [3.8, 4) is 0 Å². The van der Waals surface area contributed by atoms with E-state index in [9.17, 15) is 4.79 Å². The van der Waals surface area contributed by atoms with Gasteiger partial charge in [-0.3, -0.25) is 9.69 Å². The van der Waals surface area contributed by atoms with Crippen molar-refractivity contribution in [3.05, 3.63) is 29.8 Å². The molecule has 4 N–H and O–H groups in total. The van der Waals surface area contributed by atoms with Crippen LogP contribution in [0, 0.1) is 0 Å². The average Bonchev–Trinajstić information content (AvgIpc) is 2.65. The molecule has 2 heterocycles. The van der Waals surface area contributed by atoms with Gasteiger partial charge in [-0.2, -0.15) is 0 Å². The Kier molecular flexibility index (Phi) is 4.00. The van der Waals surface area contributed by atoms with Crippen LogP contribution in [0.2, 0.25) is 0 Å². The monoisotopic (exact) mass is 274 g/mol. The minimum Gasteiger partial charge on any atom is -0.329 e. The van der Waals surface area contributed by atoms with Crippen molar-refractivity contribution < 1.29 is 4.79 Å². The van der Waals surface area contributed by atoms with Crippen LogP contribution in [0.4, 0.5) is 5.69 Å². The minimum absolute atomic E-state index is 0.0713. The standard InChI is InChI=1S/C15H22N4O/c16-9-12-10-17-7-8-19(12)14-6-5-11-3-1-2-4-13(11)18-15(14)20/h1-4,12,14,17H,5-10,16H2,(H,18,20). The number of nitrogens with zero attached hydrogens (tertiary/aromatic N) is 1. The molecule has 0 bridgehead atoms. The van der Waals surface area contributed by atoms with Gasteiger partial charge in [0.25, 0.3) is 0 Å². The van der Waals surface area contributed by atoms with Gasteiger partial charge in [0.05, 0.1) is 6.04 Å². The molecule has 0 spiro atoms. The number of carbonyl (C=O) groups is 1. The second-order valence-electron chi connectivity index (χ2n) is 5.53. The molecule has 2 aliphatic heterocycles. The predicted molar refractivity (Wildman–Crippen MR) is 79.6 cm³/mol. The minimum atomic E-state index is -0.0713. The molecule has 1 saturated heterocycles. The third-order valence-electron chi connectivity index (χ3n) is 4.33. The van der Waals surface area contributed by atoms with E-state index in [1.54, 1.807) is 0 Å². The van der Waals surface area contributed by atoms with E-state index in [-0.39, 0.29) is 18.0 Å². The molecule has 1 aromatic rings. The van der Waals surface area contributed by atoms with Crippen molar-refractivity contribution in [1.29, 1.82) is 0 Å². The maximum atomic E-state index is 12.5. The Bertz CT molecular complexity index is 491. The number of hydrogen-bond acceptors (Lipinski definition) is 4. The Labute approximate surface area is 119 Å². The zero-order chi connectivity index (χ0) is 13.9. The van der Waals surface area contributed by atoms with Gasteiger partial charge >= 0.3 is 0 Å².